The van der Waals surface area contributed by atoms with Gasteiger partial charge in [0.25, 0.3) is 0 Å². The standard InChI is InChI=1S/C13H25N3S/c1-11(2)5-6-12(3)14-8-10-17-13-15-7-9-16(13)4/h7,9,11-12,14H,5-6,8,10H2,1-4H3. The minimum absolute atomic E-state index is 0.624. The number of imidazole rings is 1. The molecule has 0 aliphatic rings. The van der Waals surface area contributed by atoms with Crippen molar-refractivity contribution >= 4 is 11.8 Å². The Balaban J connectivity index is 2.06. The molecule has 1 atom stereocenters. The Labute approximate surface area is 109 Å². The quantitative estimate of drug-likeness (QED) is 0.572. The molecule has 0 saturated carbocycles. The Bertz CT molecular complexity index is 309. The smallest absolute Gasteiger partial charge is 0.167 e. The van der Waals surface area contributed by atoms with Crippen LogP contribution in [-0.4, -0.2) is 27.9 Å². The number of nitrogens with zero attached hydrogens (tertiary/aromatic N) is 2. The van der Waals surface area contributed by atoms with Gasteiger partial charge < -0.3 is 9.88 Å². The van der Waals surface area contributed by atoms with E-state index in [0.717, 1.165) is 23.4 Å². The van der Waals surface area contributed by atoms with E-state index in [-0.39, 0.29) is 0 Å². The van der Waals surface area contributed by atoms with Crippen molar-refractivity contribution in [3.63, 3.8) is 0 Å². The molecule has 1 unspecified atom stereocenters. The second kappa shape index (κ2) is 7.77. The van der Waals surface area contributed by atoms with Gasteiger partial charge in [0, 0.05) is 37.8 Å². The Kier molecular flexibility index (Phi) is 6.66. The van der Waals surface area contributed by atoms with Crippen molar-refractivity contribution in [2.24, 2.45) is 13.0 Å². The molecule has 0 bridgehead atoms. The molecular weight excluding hydrogens is 230 g/mol. The molecule has 1 aromatic rings. The summed E-state index contributed by atoms with van der Waals surface area (Å²) < 4.78 is 2.06. The number of aromatic nitrogens is 2. The first kappa shape index (κ1) is 14.6. The lowest BCUT2D eigenvalue weighted by molar-refractivity contribution is 0.460. The average Bonchev–Trinajstić information content (AvgIpc) is 2.68. The topological polar surface area (TPSA) is 29.9 Å². The highest BCUT2D eigenvalue weighted by atomic mass is 32.2. The van der Waals surface area contributed by atoms with Crippen LogP contribution in [0, 0.1) is 5.92 Å². The summed E-state index contributed by atoms with van der Waals surface area (Å²) in [6.07, 6.45) is 6.41. The molecule has 17 heavy (non-hydrogen) atoms. The number of hydrogen-bond acceptors (Lipinski definition) is 3. The van der Waals surface area contributed by atoms with E-state index < -0.39 is 0 Å². The molecule has 0 saturated heterocycles. The fraction of sp³-hybridized carbons (Fsp3) is 0.769. The van der Waals surface area contributed by atoms with Crippen molar-refractivity contribution < 1.29 is 0 Å². The number of aryl methyl sites for hydroxylation is 1. The van der Waals surface area contributed by atoms with Crippen LogP contribution in [0.15, 0.2) is 17.6 Å². The van der Waals surface area contributed by atoms with Crippen LogP contribution in [0.1, 0.15) is 33.6 Å². The second-order valence-corrected chi connectivity index (χ2v) is 6.06. The summed E-state index contributed by atoms with van der Waals surface area (Å²) in [5.41, 5.74) is 0. The lowest BCUT2D eigenvalue weighted by Gasteiger charge is -2.14. The van der Waals surface area contributed by atoms with Gasteiger partial charge in [0.15, 0.2) is 5.16 Å². The summed E-state index contributed by atoms with van der Waals surface area (Å²) in [5, 5.41) is 4.66. The zero-order chi connectivity index (χ0) is 12.7. The molecule has 1 N–H and O–H groups in total. The Hall–Kier alpha value is -0.480. The van der Waals surface area contributed by atoms with Crippen molar-refractivity contribution in [1.82, 2.24) is 14.9 Å². The lowest BCUT2D eigenvalue weighted by Crippen LogP contribution is -2.28. The SMILES string of the molecule is CC(C)CCC(C)NCCSc1nccn1C. The summed E-state index contributed by atoms with van der Waals surface area (Å²) in [6, 6.07) is 0.624. The minimum Gasteiger partial charge on any atom is -0.329 e. The molecule has 98 valence electrons. The molecule has 0 radical (unpaired) electrons. The second-order valence-electron chi connectivity index (χ2n) is 5.00. The van der Waals surface area contributed by atoms with Gasteiger partial charge in [-0.15, -0.1) is 0 Å². The highest BCUT2D eigenvalue weighted by molar-refractivity contribution is 7.99. The fourth-order valence-electron chi connectivity index (χ4n) is 1.62. The largest absolute Gasteiger partial charge is 0.329 e. The predicted molar refractivity (Wildman–Crippen MR) is 75.5 cm³/mol. The van der Waals surface area contributed by atoms with Gasteiger partial charge in [-0.3, -0.25) is 0 Å². The molecule has 0 fully saturated rings. The molecule has 1 rings (SSSR count). The molecule has 4 heteroatoms. The van der Waals surface area contributed by atoms with E-state index in [1.165, 1.54) is 12.8 Å². The van der Waals surface area contributed by atoms with Crippen molar-refractivity contribution in [2.45, 2.75) is 44.8 Å². The number of rotatable bonds is 8. The van der Waals surface area contributed by atoms with Crippen LogP contribution in [0.4, 0.5) is 0 Å². The first-order valence-electron chi connectivity index (χ1n) is 6.43. The summed E-state index contributed by atoms with van der Waals surface area (Å²) in [5.74, 6) is 1.89. The van der Waals surface area contributed by atoms with Crippen LogP contribution in [0.5, 0.6) is 0 Å². The van der Waals surface area contributed by atoms with Crippen LogP contribution in [0.2, 0.25) is 0 Å². The van der Waals surface area contributed by atoms with Gasteiger partial charge in [-0.25, -0.2) is 4.98 Å². The zero-order valence-electron chi connectivity index (χ0n) is 11.4. The van der Waals surface area contributed by atoms with E-state index in [1.807, 2.05) is 31.2 Å². The maximum Gasteiger partial charge on any atom is 0.167 e. The van der Waals surface area contributed by atoms with Crippen LogP contribution < -0.4 is 5.32 Å². The normalized spacial score (nSPS) is 13.2. The molecule has 0 amide bonds. The van der Waals surface area contributed by atoms with E-state index in [0.29, 0.717) is 6.04 Å². The molecule has 1 heterocycles. The maximum atomic E-state index is 4.29. The number of nitrogens with one attached hydrogen (secondary N) is 1. The first-order chi connectivity index (χ1) is 8.09. The van der Waals surface area contributed by atoms with Crippen LogP contribution in [-0.2, 0) is 7.05 Å². The van der Waals surface area contributed by atoms with Gasteiger partial charge in [-0.05, 0) is 25.7 Å². The Morgan fingerprint density at radius 2 is 2.12 bits per heavy atom. The maximum absolute atomic E-state index is 4.29. The lowest BCUT2D eigenvalue weighted by atomic mass is 10.0. The van der Waals surface area contributed by atoms with E-state index in [9.17, 15) is 0 Å². The third-order valence-electron chi connectivity index (χ3n) is 2.78. The van der Waals surface area contributed by atoms with Crippen molar-refractivity contribution in [1.29, 1.82) is 0 Å². The van der Waals surface area contributed by atoms with Gasteiger partial charge in [0.05, 0.1) is 0 Å². The highest BCUT2D eigenvalue weighted by Gasteiger charge is 2.03. The molecule has 1 aromatic heterocycles. The zero-order valence-corrected chi connectivity index (χ0v) is 12.3. The van der Waals surface area contributed by atoms with E-state index in [2.05, 4.69) is 35.6 Å². The van der Waals surface area contributed by atoms with E-state index >= 15 is 0 Å². The monoisotopic (exact) mass is 255 g/mol. The first-order valence-corrected chi connectivity index (χ1v) is 7.41. The highest BCUT2D eigenvalue weighted by Crippen LogP contribution is 2.13. The molecule has 0 aliphatic heterocycles. The summed E-state index contributed by atoms with van der Waals surface area (Å²) in [6.45, 7) is 7.89. The number of hydrogen-bond donors (Lipinski definition) is 1. The third kappa shape index (κ3) is 6.13. The van der Waals surface area contributed by atoms with Gasteiger partial charge in [0.2, 0.25) is 0 Å². The molecule has 0 aromatic carbocycles. The summed E-state index contributed by atoms with van der Waals surface area (Å²) in [4.78, 5) is 4.29. The van der Waals surface area contributed by atoms with Crippen LogP contribution in [0.25, 0.3) is 0 Å². The summed E-state index contributed by atoms with van der Waals surface area (Å²) in [7, 11) is 2.04. The fourth-order valence-corrected chi connectivity index (χ4v) is 2.43. The molecule has 0 aliphatic carbocycles. The predicted octanol–water partition coefficient (Wildman–Crippen LogP) is 2.93. The summed E-state index contributed by atoms with van der Waals surface area (Å²) >= 11 is 1.81. The molecule has 0 spiro atoms. The number of thioether (sulfide) groups is 1. The average molecular weight is 255 g/mol. The van der Waals surface area contributed by atoms with Gasteiger partial charge in [-0.1, -0.05) is 25.6 Å². The van der Waals surface area contributed by atoms with Gasteiger partial charge in [0.1, 0.15) is 0 Å². The molecule has 3 nitrogen and oxygen atoms in total. The van der Waals surface area contributed by atoms with Crippen molar-refractivity contribution in [2.75, 3.05) is 12.3 Å². The van der Waals surface area contributed by atoms with Crippen LogP contribution >= 0.6 is 11.8 Å². The van der Waals surface area contributed by atoms with Crippen LogP contribution in [0.3, 0.4) is 0 Å². The van der Waals surface area contributed by atoms with E-state index in [4.69, 9.17) is 0 Å². The third-order valence-corrected chi connectivity index (χ3v) is 3.84. The van der Waals surface area contributed by atoms with Gasteiger partial charge >= 0.3 is 0 Å². The van der Waals surface area contributed by atoms with Crippen molar-refractivity contribution in [3.8, 4) is 0 Å². The van der Waals surface area contributed by atoms with Gasteiger partial charge in [-0.2, -0.15) is 0 Å². The minimum atomic E-state index is 0.624. The Morgan fingerprint density at radius 3 is 2.71 bits per heavy atom. The van der Waals surface area contributed by atoms with Crippen molar-refractivity contribution in [3.05, 3.63) is 12.4 Å². The Morgan fingerprint density at radius 1 is 1.35 bits per heavy atom. The molecular formula is C13H25N3S. The van der Waals surface area contributed by atoms with E-state index in [1.54, 1.807) is 0 Å².